The van der Waals surface area contributed by atoms with Crippen LogP contribution in [0.1, 0.15) is 0 Å². The Morgan fingerprint density at radius 3 is 0.667 bits per heavy atom. The van der Waals surface area contributed by atoms with Crippen LogP contribution in [0, 0.1) is 0 Å². The Labute approximate surface area is 34.5 Å². The van der Waals surface area contributed by atoms with Gasteiger partial charge in [0.05, 0.1) is 0 Å². The molecular weight excluding hydrogens is 92.0 g/mol. The van der Waals surface area contributed by atoms with Gasteiger partial charge in [0, 0.05) is 0 Å². The zero-order valence-electron chi connectivity index (χ0n) is 3.05. The number of hydrogen-bond acceptors (Lipinski definition) is 4. The quantitative estimate of drug-likeness (QED) is 0.241. The SMILES string of the molecule is NO.NO.O.O. The van der Waals surface area contributed by atoms with Gasteiger partial charge in [0.25, 0.3) is 0 Å². The van der Waals surface area contributed by atoms with Gasteiger partial charge in [-0.25, -0.2) is 11.8 Å². The second-order valence-corrected chi connectivity index (χ2v) is 0. The maximum atomic E-state index is 6.50. The van der Waals surface area contributed by atoms with Crippen molar-refractivity contribution in [3.63, 3.8) is 0 Å². The highest BCUT2D eigenvalue weighted by Gasteiger charge is 0.734. The molecule has 0 rings (SSSR count). The third-order valence-corrected chi connectivity index (χ3v) is 0. The molecule has 0 heterocycles. The van der Waals surface area contributed by atoms with E-state index < -0.39 is 0 Å². The predicted molar refractivity (Wildman–Crippen MR) is 19.2 cm³/mol. The van der Waals surface area contributed by atoms with Gasteiger partial charge in [-0.05, 0) is 0 Å². The monoisotopic (exact) mass is 102 g/mol. The van der Waals surface area contributed by atoms with Crippen LogP contribution in [-0.2, 0) is 0 Å². The second kappa shape index (κ2) is 1170. The van der Waals surface area contributed by atoms with Crippen LogP contribution in [0.15, 0.2) is 0 Å². The molecule has 0 aliphatic heterocycles. The minimum atomic E-state index is 0. The number of hydrogen-bond donors (Lipinski definition) is 4. The van der Waals surface area contributed by atoms with Crippen molar-refractivity contribution < 1.29 is 21.4 Å². The van der Waals surface area contributed by atoms with E-state index in [0.29, 0.717) is 0 Å². The van der Waals surface area contributed by atoms with Crippen LogP contribution in [0.5, 0.6) is 0 Å². The first-order valence-electron chi connectivity index (χ1n) is 0.516. The van der Waals surface area contributed by atoms with E-state index in [1.165, 1.54) is 0 Å². The summed E-state index contributed by atoms with van der Waals surface area (Å²) in [6.45, 7) is 0. The van der Waals surface area contributed by atoms with Crippen LogP contribution in [0.25, 0.3) is 0 Å². The summed E-state index contributed by atoms with van der Waals surface area (Å²) in [7, 11) is 0. The Morgan fingerprint density at radius 1 is 0.667 bits per heavy atom. The lowest BCUT2D eigenvalue weighted by Gasteiger charge is -1.27. The molecule has 0 saturated carbocycles. The molecule has 6 heavy (non-hydrogen) atoms. The lowest BCUT2D eigenvalue weighted by molar-refractivity contribution is 0.311. The molecular formula is H10N2O4. The Kier molecular flexibility index (Phi) is 8200. The molecule has 0 spiro atoms. The molecule has 0 aliphatic rings. The first-order chi connectivity index (χ1) is 2.00. The van der Waals surface area contributed by atoms with Gasteiger partial charge in [0.15, 0.2) is 0 Å². The van der Waals surface area contributed by atoms with Crippen molar-refractivity contribution in [3.8, 4) is 0 Å². The van der Waals surface area contributed by atoms with Gasteiger partial charge in [-0.3, -0.25) is 0 Å². The number of nitrogens with two attached hydrogens (primary N) is 2. The fraction of sp³-hybridized carbons (Fsp3) is 0. The van der Waals surface area contributed by atoms with Gasteiger partial charge < -0.3 is 21.4 Å². The van der Waals surface area contributed by atoms with Crippen molar-refractivity contribution in [2.24, 2.45) is 11.8 Å². The van der Waals surface area contributed by atoms with Crippen molar-refractivity contribution in [1.82, 2.24) is 0 Å². The van der Waals surface area contributed by atoms with E-state index in [1.54, 1.807) is 0 Å². The molecule has 0 aliphatic carbocycles. The minimum absolute atomic E-state index is 0. The molecule has 44 valence electrons. The zero-order valence-corrected chi connectivity index (χ0v) is 3.05. The summed E-state index contributed by atoms with van der Waals surface area (Å²) < 4.78 is 0. The fourth-order valence-electron chi connectivity index (χ4n) is 0. The minimum Gasteiger partial charge on any atom is -0.412 e. The summed E-state index contributed by atoms with van der Waals surface area (Å²) in [6.07, 6.45) is 0. The normalized spacial score (nSPS) is 2.00. The maximum absolute atomic E-state index is 6.50. The molecule has 0 amide bonds. The molecule has 0 aromatic carbocycles. The van der Waals surface area contributed by atoms with Crippen LogP contribution < -0.4 is 11.8 Å². The first-order valence-corrected chi connectivity index (χ1v) is 0.516. The van der Waals surface area contributed by atoms with Gasteiger partial charge in [-0.1, -0.05) is 0 Å². The summed E-state index contributed by atoms with van der Waals surface area (Å²) in [5.74, 6) is 7.00. The largest absolute Gasteiger partial charge is 0.412 e. The van der Waals surface area contributed by atoms with E-state index in [1.807, 2.05) is 0 Å². The zero-order chi connectivity index (χ0) is 4.00. The van der Waals surface area contributed by atoms with Crippen LogP contribution in [0.3, 0.4) is 0 Å². The summed E-state index contributed by atoms with van der Waals surface area (Å²) in [5, 5.41) is 13.0. The summed E-state index contributed by atoms with van der Waals surface area (Å²) in [6, 6.07) is 0. The molecule has 0 aromatic rings. The smallest absolute Gasteiger partial charge is 0.219 e. The molecule has 0 bridgehead atoms. The number of rotatable bonds is 0. The highest BCUT2D eigenvalue weighted by atomic mass is 16.4. The fourth-order valence-corrected chi connectivity index (χ4v) is 0. The van der Waals surface area contributed by atoms with Gasteiger partial charge in [-0.2, -0.15) is 0 Å². The molecule has 0 radical (unpaired) electrons. The van der Waals surface area contributed by atoms with E-state index in [0.717, 1.165) is 0 Å². The maximum Gasteiger partial charge on any atom is -0.219 e. The molecule has 0 saturated heterocycles. The van der Waals surface area contributed by atoms with Crippen LogP contribution in [0.4, 0.5) is 0 Å². The Morgan fingerprint density at radius 2 is 0.667 bits per heavy atom. The molecule has 0 fully saturated rings. The van der Waals surface area contributed by atoms with Crippen molar-refractivity contribution in [2.45, 2.75) is 0 Å². The molecule has 0 aromatic heterocycles. The second-order valence-electron chi connectivity index (χ2n) is 0. The van der Waals surface area contributed by atoms with Crippen LogP contribution >= 0.6 is 0 Å². The third kappa shape index (κ3) is 497. The molecule has 0 unspecified atom stereocenters. The van der Waals surface area contributed by atoms with E-state index in [-0.39, 0.29) is 11.0 Å². The summed E-state index contributed by atoms with van der Waals surface area (Å²) in [4.78, 5) is 0. The average Bonchev–Trinajstić information content (AvgIpc) is 1.50. The molecule has 0 atom stereocenters. The molecule has 6 nitrogen and oxygen atoms in total. The predicted octanol–water partition coefficient (Wildman–Crippen LogP) is -2.98. The Bertz CT molecular complexity index is 5.51. The van der Waals surface area contributed by atoms with Crippen LogP contribution in [0.2, 0.25) is 0 Å². The molecule has 10 N–H and O–H groups in total. The van der Waals surface area contributed by atoms with E-state index in [4.69, 9.17) is 10.4 Å². The van der Waals surface area contributed by atoms with Crippen molar-refractivity contribution >= 4 is 0 Å². The van der Waals surface area contributed by atoms with Crippen LogP contribution in [-0.4, -0.2) is 21.4 Å². The highest BCUT2D eigenvalue weighted by molar-refractivity contribution is 2.78. The highest BCUT2D eigenvalue weighted by Crippen LogP contribution is 0.412. The third-order valence-electron chi connectivity index (χ3n) is 0. The lowest BCUT2D eigenvalue weighted by atomic mass is 13.6. The van der Waals surface area contributed by atoms with Crippen molar-refractivity contribution in [2.75, 3.05) is 0 Å². The average molecular weight is 102 g/mol. The van der Waals surface area contributed by atoms with E-state index in [9.17, 15) is 0 Å². The lowest BCUT2D eigenvalue weighted by Crippen LogP contribution is -1.72. The van der Waals surface area contributed by atoms with Gasteiger partial charge in [-0.15, -0.1) is 0 Å². The Balaban J connectivity index is -0.00000000500. The topological polar surface area (TPSA) is 156 Å². The van der Waals surface area contributed by atoms with E-state index >= 15 is 0 Å². The summed E-state index contributed by atoms with van der Waals surface area (Å²) >= 11 is 0. The van der Waals surface area contributed by atoms with Gasteiger partial charge in [0.2, 0.25) is 0 Å². The van der Waals surface area contributed by atoms with Crippen molar-refractivity contribution in [3.05, 3.63) is 0 Å². The molecule has 6 heteroatoms. The first kappa shape index (κ1) is 42.1. The van der Waals surface area contributed by atoms with Crippen molar-refractivity contribution in [1.29, 1.82) is 0 Å². The Hall–Kier alpha value is -0.240. The van der Waals surface area contributed by atoms with Gasteiger partial charge >= 0.3 is 0 Å². The van der Waals surface area contributed by atoms with Gasteiger partial charge in [0.1, 0.15) is 0 Å². The standard InChI is InChI=1S/2H3NO.2H2O/c2*1-2;;/h2*2H,1H2;2*1H2. The van der Waals surface area contributed by atoms with E-state index in [2.05, 4.69) is 11.8 Å². The summed E-state index contributed by atoms with van der Waals surface area (Å²) in [5.41, 5.74) is 0.